The van der Waals surface area contributed by atoms with Gasteiger partial charge in [0.2, 0.25) is 5.60 Å². The van der Waals surface area contributed by atoms with Gasteiger partial charge in [-0.15, -0.1) is 13.0 Å². The molecule has 0 amide bonds. The number of aliphatic hydroxyl groups excluding tert-OH is 9. The first-order chi connectivity index (χ1) is 68.9. The van der Waals surface area contributed by atoms with Gasteiger partial charge < -0.3 is 127 Å². The fourth-order valence-electron chi connectivity index (χ4n) is 29.7. The van der Waals surface area contributed by atoms with E-state index in [4.69, 9.17) is 106 Å². The van der Waals surface area contributed by atoms with Crippen molar-refractivity contribution in [1.82, 2.24) is 0 Å². The van der Waals surface area contributed by atoms with Crippen molar-refractivity contribution in [2.24, 2.45) is 92.7 Å². The molecule has 838 valence electrons. The second kappa shape index (κ2) is 49.1. The van der Waals surface area contributed by atoms with Crippen molar-refractivity contribution in [2.75, 3.05) is 74.5 Å². The minimum atomic E-state index is -6.23. The minimum absolute atomic E-state index is 0.0234. The molecular formula is C94H158NO46S4+. The predicted molar refractivity (Wildman–Crippen MR) is 500 cm³/mol. The van der Waals surface area contributed by atoms with Crippen LogP contribution < -0.4 is 0 Å². The van der Waals surface area contributed by atoms with Crippen LogP contribution in [0.4, 0.5) is 0 Å². The van der Waals surface area contributed by atoms with E-state index in [1.165, 1.54) is 14.0 Å². The van der Waals surface area contributed by atoms with Gasteiger partial charge in [-0.3, -0.25) is 22.1 Å². The van der Waals surface area contributed by atoms with E-state index in [9.17, 15) is 94.1 Å². The van der Waals surface area contributed by atoms with Crippen molar-refractivity contribution < 1.29 is 224 Å². The van der Waals surface area contributed by atoms with Crippen molar-refractivity contribution in [3.8, 4) is 0 Å². The number of hydrogen-bond acceptors (Lipinski definition) is 46. The van der Waals surface area contributed by atoms with Crippen LogP contribution in [-0.2, 0) is 150 Å². The summed E-state index contributed by atoms with van der Waals surface area (Å²) in [5, 5.41) is 159. The van der Waals surface area contributed by atoms with E-state index in [0.29, 0.717) is 74.5 Å². The summed E-state index contributed by atoms with van der Waals surface area (Å²) in [5.74, 6) is -2.40. The molecule has 7 aliphatic heterocycles. The summed E-state index contributed by atoms with van der Waals surface area (Å²) in [6, 6.07) is 0. The lowest BCUT2D eigenvalue weighted by Gasteiger charge is -2.62. The maximum absolute atomic E-state index is 15.0. The van der Waals surface area contributed by atoms with Crippen LogP contribution in [0.25, 0.3) is 0 Å². The molecule has 0 spiro atoms. The molecule has 8 aliphatic carbocycles. The Labute approximate surface area is 857 Å². The average Bonchev–Trinajstić information content (AvgIpc) is 1.50. The average molecular weight is 2170 g/mol. The van der Waals surface area contributed by atoms with E-state index in [1.54, 1.807) is 20.8 Å². The van der Waals surface area contributed by atoms with Crippen LogP contribution in [0.15, 0.2) is 0 Å². The van der Waals surface area contributed by atoms with Crippen molar-refractivity contribution in [3.63, 3.8) is 0 Å². The molecule has 47 nitrogen and oxygen atoms in total. The van der Waals surface area contributed by atoms with Gasteiger partial charge >= 0.3 is 34.0 Å². The van der Waals surface area contributed by atoms with E-state index in [2.05, 4.69) is 54.1 Å². The fourth-order valence-corrected chi connectivity index (χ4v) is 32.9. The normalized spacial score (nSPS) is 45.2. The quantitative estimate of drug-likeness (QED) is 0.00549. The number of carbonyl (C=O) groups excluding carboxylic acids is 3. The maximum Gasteiger partial charge on any atom is 0.341 e. The molecule has 15 fully saturated rings. The molecule has 0 aromatic carbocycles. The van der Waals surface area contributed by atoms with Gasteiger partial charge in [0.25, 0.3) is 0 Å². The monoisotopic (exact) mass is 2160 g/mol. The highest BCUT2D eigenvalue weighted by Gasteiger charge is 2.72. The number of hydrogen-bond donors (Lipinski definition) is 15. The number of quaternary nitrogens is 1. The molecule has 10 unspecified atom stereocenters. The zero-order valence-electron chi connectivity index (χ0n) is 84.9. The Morgan fingerprint density at radius 3 is 1.43 bits per heavy atom. The summed E-state index contributed by atoms with van der Waals surface area (Å²) in [4.78, 5) is 58.8. The summed E-state index contributed by atoms with van der Waals surface area (Å²) in [7, 11) is -1.91. The lowest BCUT2D eigenvalue weighted by molar-refractivity contribution is -0.827. The van der Waals surface area contributed by atoms with Gasteiger partial charge in [0, 0.05) is 34.2 Å². The molecule has 15 N–H and O–H groups in total. The van der Waals surface area contributed by atoms with Gasteiger partial charge in [0.1, 0.15) is 117 Å². The van der Waals surface area contributed by atoms with Gasteiger partial charge in [-0.25, -0.2) is 42.5 Å². The Kier molecular flexibility index (Phi) is 40.0. The van der Waals surface area contributed by atoms with Crippen LogP contribution in [0.3, 0.4) is 0 Å². The number of aliphatic carboxylic acids is 1. The number of nitrogens with zero attached hydrogens (tertiary/aromatic N) is 1. The highest BCUT2D eigenvalue weighted by Crippen LogP contribution is 2.71. The number of aliphatic hydroxyl groups is 9. The highest BCUT2D eigenvalue weighted by atomic mass is 32.3. The summed E-state index contributed by atoms with van der Waals surface area (Å²) < 4.78 is 176. The summed E-state index contributed by atoms with van der Waals surface area (Å²) in [6.45, 7) is 16.0. The maximum atomic E-state index is 15.0. The number of carboxylic acid groups (broad SMARTS) is 1. The molecular weight excluding hydrogens is 2010 g/mol. The first kappa shape index (κ1) is 118. The van der Waals surface area contributed by atoms with Crippen molar-refractivity contribution in [3.05, 3.63) is 0 Å². The Bertz CT molecular complexity index is 4250. The second-order valence-electron chi connectivity index (χ2n) is 44.0. The lowest BCUT2D eigenvalue weighted by atomic mass is 9.43. The van der Waals surface area contributed by atoms with Gasteiger partial charge in [-0.05, 0) is 234 Å². The second-order valence-corrected chi connectivity index (χ2v) is 47.9. The molecule has 145 heavy (non-hydrogen) atoms. The van der Waals surface area contributed by atoms with Crippen LogP contribution in [0.1, 0.15) is 223 Å². The summed E-state index contributed by atoms with van der Waals surface area (Å²) in [5.41, 5.74) is -6.49. The Balaban J connectivity index is 0.741. The lowest BCUT2D eigenvalue weighted by Crippen LogP contribution is -2.77. The number of fused-ring (bicyclic) bond motifs is 13. The molecule has 2 bridgehead atoms. The van der Waals surface area contributed by atoms with Crippen molar-refractivity contribution in [1.29, 1.82) is 0 Å². The Hall–Kier alpha value is -2.44. The number of ether oxygens (including phenoxy) is 16. The molecule has 45 atom stereocenters. The number of methoxy groups -OCH3 is 4. The number of carboxylic acids is 1. The first-order valence-electron chi connectivity index (χ1n) is 51.4. The van der Waals surface area contributed by atoms with Crippen molar-refractivity contribution in [2.45, 2.75) is 400 Å². The minimum Gasteiger partial charge on any atom is -0.479 e. The summed E-state index contributed by atoms with van der Waals surface area (Å²) in [6.07, 6.45) is -33.6. The molecule has 51 heteroatoms. The SMILES string of the molecule is CCC[N+](CCC)(CCC)S(=O)(O)(O)OCC1O[C@@H](O[C@@H]2[C@H](OC)C(O)[C@H](O[C@H]3C(COC(=O)CC[C@@H](C)[C@H]4CC[C@H]5[C@@H]6CC[C@@H]7C[C@H](O)CC[C@]7(C)[C@H]6C[C@H](O)[C@]45C)O[C@@H](O[C@@H]4C(OC)[C@H]5OCC4(C(=O)O)O[C@@H]5O[C@H]4C(COC(=O)CC[C@@H](C)[C@H]5CC[C@H]6[C@@H]7CC[C@@H]8C[C@H](O)CC[C@]8(C)[C@H]7C[C@H](O)[C@]56C)O[C@@H](OC)C(OSOOO)[C@H]4O)C(OSOOO)[C@H]3OSOOO)OC2(CC)C(=O)OC)C(O)[C@@H](O)[C@H]1O. The first-order valence-corrected chi connectivity index (χ1v) is 55.2. The molecule has 8 saturated carbocycles. The highest BCUT2D eigenvalue weighted by molar-refractivity contribution is 8.00. The molecule has 7 saturated heterocycles. The standard InChI is InChI=1S/C94H157NO46S4/c1-15-35-95(36-16-2,37-17-3)145(113,114,115)123-44-60-67(102)68(103)69(104)82(124-60)129-80-74(116-11)71(106)83(131-93(80,18-4)88(109)119-14)128-73-62(43-121-66(101)30-20-47(6)55-26-28-57-53-24-22-49-39-51(97)32-34-90(49,8)59(53)41-64(99)92(55,57)10)126-85(79(135-144-141-138-112)76(73)134-143-140-137-111)130-81-77(117-12)78-86(132-94(81,45-122-78)87(107)108)127-72-61(125-84(118-13)75(70(72)105)133-142-139-136-110)42-120-65(100)29-19-46(5)54-25-27-56-52-23-21-48-38-50(96)31-33-89(48,7)58(52)40-63(98)91(54,56)9/h46-64,67-86,96-99,102-106H,15-45H2,1-14H3,(H5-,107,108,110,111,112,113,114,115)/p+1/t46-,47-,48-,49-,50-,51-,52+,53+,54-,55-,56+,57+,58+,59+,60?,61?,62?,63+,64+,67+,68+,69?,70+,71?,72+,73+,74-,75?,76+,77?,78-,79?,80-,81-,82+,83-,84-,85+,86+,89+,90+,91-,92-,93?,94?/m1/s1. The zero-order chi connectivity index (χ0) is 105. The van der Waals surface area contributed by atoms with E-state index in [0.717, 1.165) is 105 Å². The largest absolute Gasteiger partial charge is 0.479 e. The van der Waals surface area contributed by atoms with Crippen molar-refractivity contribution >= 4 is 70.9 Å². The molecule has 15 rings (SSSR count). The number of carbonyl (C=O) groups is 4. The van der Waals surface area contributed by atoms with E-state index >= 15 is 0 Å². The Morgan fingerprint density at radius 2 is 0.952 bits per heavy atom. The smallest absolute Gasteiger partial charge is 0.341 e. The van der Waals surface area contributed by atoms with Gasteiger partial charge in [-0.2, -0.15) is 4.21 Å². The van der Waals surface area contributed by atoms with Crippen LogP contribution in [0.5, 0.6) is 0 Å². The topological polar surface area (TPSA) is 629 Å². The molecule has 15 aliphatic rings. The molecule has 0 aromatic rings. The Morgan fingerprint density at radius 1 is 0.469 bits per heavy atom. The third-order valence-electron chi connectivity index (χ3n) is 37.1. The third kappa shape index (κ3) is 23.0. The van der Waals surface area contributed by atoms with Gasteiger partial charge in [0.15, 0.2) is 86.2 Å². The molecule has 0 radical (unpaired) electrons. The third-order valence-corrected chi connectivity index (χ3v) is 40.8. The van der Waals surface area contributed by atoms with Crippen LogP contribution >= 0.6 is 37.0 Å². The van der Waals surface area contributed by atoms with Gasteiger partial charge in [0.05, 0.1) is 57.8 Å². The van der Waals surface area contributed by atoms with Gasteiger partial charge in [-0.1, -0.05) is 84.4 Å². The van der Waals surface area contributed by atoms with E-state index in [1.807, 2.05) is 6.92 Å². The van der Waals surface area contributed by atoms with E-state index in [-0.39, 0.29) is 140 Å². The molecule has 7 heterocycles. The number of esters is 3. The van der Waals surface area contributed by atoms with Crippen LogP contribution in [-0.4, -0.2) is 359 Å². The van der Waals surface area contributed by atoms with Crippen LogP contribution in [0.2, 0.25) is 0 Å². The number of rotatable bonds is 48. The zero-order valence-corrected chi connectivity index (χ0v) is 88.1. The predicted octanol–water partition coefficient (Wildman–Crippen LogP) is 7.11. The molecule has 0 aromatic heterocycles. The fraction of sp³-hybridized carbons (Fsp3) is 0.957. The summed E-state index contributed by atoms with van der Waals surface area (Å²) >= 11 is -0.277. The van der Waals surface area contributed by atoms with E-state index < -0.39 is 246 Å². The van der Waals surface area contributed by atoms with Crippen LogP contribution in [0, 0.1) is 92.7 Å².